The van der Waals surface area contributed by atoms with Crippen molar-refractivity contribution in [1.82, 2.24) is 5.32 Å². The van der Waals surface area contributed by atoms with Crippen molar-refractivity contribution in [1.29, 1.82) is 0 Å². The molecule has 0 saturated carbocycles. The van der Waals surface area contributed by atoms with E-state index in [1.165, 1.54) is 0 Å². The van der Waals surface area contributed by atoms with Crippen LogP contribution >= 0.6 is 15.9 Å². The van der Waals surface area contributed by atoms with Gasteiger partial charge in [-0.2, -0.15) is 0 Å². The number of halogens is 1. The van der Waals surface area contributed by atoms with Gasteiger partial charge in [-0.3, -0.25) is 9.59 Å². The van der Waals surface area contributed by atoms with E-state index in [0.717, 1.165) is 22.9 Å². The van der Waals surface area contributed by atoms with Gasteiger partial charge in [0.05, 0.1) is 6.42 Å². The monoisotopic (exact) mass is 385 g/mol. The first-order valence-corrected chi connectivity index (χ1v) is 8.42. The largest absolute Gasteiger partial charge is 0.486 e. The summed E-state index contributed by atoms with van der Waals surface area (Å²) >= 11 is 3.45. The van der Waals surface area contributed by atoms with E-state index in [4.69, 9.17) is 14.6 Å². The highest BCUT2D eigenvalue weighted by molar-refractivity contribution is 9.10. The first kappa shape index (κ1) is 17.6. The molecule has 2 rings (SSSR count). The molecule has 0 aromatic heterocycles. The molecule has 1 aliphatic heterocycles. The van der Waals surface area contributed by atoms with Crippen LogP contribution in [0.2, 0.25) is 0 Å². The number of carboxylic acid groups (broad SMARTS) is 1. The number of amides is 1. The lowest BCUT2D eigenvalue weighted by Crippen LogP contribution is -2.26. The Morgan fingerprint density at radius 2 is 1.83 bits per heavy atom. The number of hydrogen-bond acceptors (Lipinski definition) is 4. The Morgan fingerprint density at radius 3 is 2.52 bits per heavy atom. The minimum absolute atomic E-state index is 0.0689. The quantitative estimate of drug-likeness (QED) is 0.671. The summed E-state index contributed by atoms with van der Waals surface area (Å²) in [4.78, 5) is 22.4. The van der Waals surface area contributed by atoms with Crippen LogP contribution in [0, 0.1) is 0 Å². The molecule has 0 fully saturated rings. The molecule has 1 heterocycles. The van der Waals surface area contributed by atoms with Gasteiger partial charge in [-0.15, -0.1) is 0 Å². The summed E-state index contributed by atoms with van der Waals surface area (Å²) in [5.41, 5.74) is 0.845. The number of unbranched alkanes of at least 4 members (excludes halogenated alkanes) is 2. The molecule has 0 atom stereocenters. The SMILES string of the molecule is O=C(O)CCCCCNC(=O)Cc1cc2c(cc1Br)OCCO2. The standard InChI is InChI=1S/C16H20BrNO5/c17-12-10-14-13(22-6-7-23-14)8-11(12)9-15(19)18-5-3-1-2-4-16(20)21/h8,10H,1-7,9H2,(H,18,19)(H,20,21). The van der Waals surface area contributed by atoms with Crippen molar-refractivity contribution in [2.75, 3.05) is 19.8 Å². The second kappa shape index (κ2) is 8.76. The van der Waals surface area contributed by atoms with Crippen LogP contribution in [0.15, 0.2) is 16.6 Å². The molecule has 0 radical (unpaired) electrons. The molecular formula is C16H20BrNO5. The van der Waals surface area contributed by atoms with Crippen LogP contribution in [0.5, 0.6) is 11.5 Å². The minimum atomic E-state index is -0.780. The van der Waals surface area contributed by atoms with Crippen molar-refractivity contribution in [2.24, 2.45) is 0 Å². The molecule has 1 amide bonds. The summed E-state index contributed by atoms with van der Waals surface area (Å²) in [6, 6.07) is 3.65. The highest BCUT2D eigenvalue weighted by Gasteiger charge is 2.16. The average Bonchev–Trinajstić information content (AvgIpc) is 2.51. The first-order valence-electron chi connectivity index (χ1n) is 7.63. The van der Waals surface area contributed by atoms with Crippen LogP contribution in [0.25, 0.3) is 0 Å². The summed E-state index contributed by atoms with van der Waals surface area (Å²) in [5.74, 6) is 0.500. The number of carbonyl (C=O) groups is 2. The maximum atomic E-state index is 12.0. The van der Waals surface area contributed by atoms with Crippen molar-refractivity contribution in [3.63, 3.8) is 0 Å². The van der Waals surface area contributed by atoms with Crippen molar-refractivity contribution in [2.45, 2.75) is 32.1 Å². The zero-order valence-electron chi connectivity index (χ0n) is 12.8. The van der Waals surface area contributed by atoms with Gasteiger partial charge in [0, 0.05) is 17.4 Å². The minimum Gasteiger partial charge on any atom is -0.486 e. The van der Waals surface area contributed by atoms with Crippen molar-refractivity contribution < 1.29 is 24.2 Å². The van der Waals surface area contributed by atoms with Crippen LogP contribution in [0.4, 0.5) is 0 Å². The molecule has 1 aromatic rings. The van der Waals surface area contributed by atoms with Crippen LogP contribution in [0.1, 0.15) is 31.2 Å². The topological polar surface area (TPSA) is 84.9 Å². The molecule has 7 heteroatoms. The van der Waals surface area contributed by atoms with E-state index in [1.54, 1.807) is 0 Å². The van der Waals surface area contributed by atoms with Gasteiger partial charge in [-0.25, -0.2) is 0 Å². The van der Waals surface area contributed by atoms with Gasteiger partial charge in [0.2, 0.25) is 5.91 Å². The van der Waals surface area contributed by atoms with E-state index in [1.807, 2.05) is 12.1 Å². The molecule has 6 nitrogen and oxygen atoms in total. The second-order valence-electron chi connectivity index (χ2n) is 5.32. The highest BCUT2D eigenvalue weighted by Crippen LogP contribution is 2.35. The lowest BCUT2D eigenvalue weighted by Gasteiger charge is -2.19. The average molecular weight is 386 g/mol. The molecule has 1 aromatic carbocycles. The zero-order chi connectivity index (χ0) is 16.7. The van der Waals surface area contributed by atoms with E-state index in [-0.39, 0.29) is 18.7 Å². The third-order valence-electron chi connectivity index (χ3n) is 3.45. The Hall–Kier alpha value is -1.76. The number of fused-ring (bicyclic) bond motifs is 1. The van der Waals surface area contributed by atoms with Crippen molar-refractivity contribution in [3.05, 3.63) is 22.2 Å². The molecule has 0 spiro atoms. The fraction of sp³-hybridized carbons (Fsp3) is 0.500. The van der Waals surface area contributed by atoms with Crippen LogP contribution in [-0.4, -0.2) is 36.7 Å². The summed E-state index contributed by atoms with van der Waals surface area (Å²) in [6.45, 7) is 1.60. The fourth-order valence-electron chi connectivity index (χ4n) is 2.28. The first-order chi connectivity index (χ1) is 11.1. The van der Waals surface area contributed by atoms with E-state index in [0.29, 0.717) is 37.7 Å². The fourth-order valence-corrected chi connectivity index (χ4v) is 2.75. The Labute approximate surface area is 143 Å². The van der Waals surface area contributed by atoms with E-state index >= 15 is 0 Å². The van der Waals surface area contributed by atoms with Crippen molar-refractivity contribution >= 4 is 27.8 Å². The van der Waals surface area contributed by atoms with Gasteiger partial charge < -0.3 is 19.9 Å². The molecule has 0 aliphatic carbocycles. The normalized spacial score (nSPS) is 12.7. The number of rotatable bonds is 8. The third kappa shape index (κ3) is 5.74. The molecule has 126 valence electrons. The molecule has 1 aliphatic rings. The molecule has 2 N–H and O–H groups in total. The highest BCUT2D eigenvalue weighted by atomic mass is 79.9. The number of hydrogen-bond donors (Lipinski definition) is 2. The number of carboxylic acids is 1. The van der Waals surface area contributed by atoms with E-state index in [9.17, 15) is 9.59 Å². The van der Waals surface area contributed by atoms with Gasteiger partial charge in [-0.1, -0.05) is 22.4 Å². The van der Waals surface area contributed by atoms with Crippen LogP contribution in [-0.2, 0) is 16.0 Å². The summed E-state index contributed by atoms with van der Waals surface area (Å²) in [5, 5.41) is 11.4. The van der Waals surface area contributed by atoms with Crippen molar-refractivity contribution in [3.8, 4) is 11.5 Å². The van der Waals surface area contributed by atoms with Gasteiger partial charge in [-0.05, 0) is 30.5 Å². The maximum Gasteiger partial charge on any atom is 0.303 e. The maximum absolute atomic E-state index is 12.0. The van der Waals surface area contributed by atoms with Gasteiger partial charge in [0.15, 0.2) is 11.5 Å². The molecule has 0 bridgehead atoms. The number of ether oxygens (including phenoxy) is 2. The zero-order valence-corrected chi connectivity index (χ0v) is 14.4. The van der Waals surface area contributed by atoms with Crippen LogP contribution < -0.4 is 14.8 Å². The lowest BCUT2D eigenvalue weighted by molar-refractivity contribution is -0.137. The Bertz CT molecular complexity index is 576. The van der Waals surface area contributed by atoms with Gasteiger partial charge in [0.25, 0.3) is 0 Å². The Balaban J connectivity index is 1.76. The third-order valence-corrected chi connectivity index (χ3v) is 4.19. The molecule has 0 unspecified atom stereocenters. The molecule has 0 saturated heterocycles. The Kier molecular flexibility index (Phi) is 6.70. The summed E-state index contributed by atoms with van der Waals surface area (Å²) < 4.78 is 11.8. The summed E-state index contributed by atoms with van der Waals surface area (Å²) in [6.07, 6.45) is 2.64. The number of carbonyl (C=O) groups excluding carboxylic acids is 1. The molecule has 23 heavy (non-hydrogen) atoms. The predicted octanol–water partition coefficient (Wildman–Crippen LogP) is 2.52. The van der Waals surface area contributed by atoms with E-state index in [2.05, 4.69) is 21.2 Å². The predicted molar refractivity (Wildman–Crippen MR) is 87.9 cm³/mol. The molecular weight excluding hydrogens is 366 g/mol. The van der Waals surface area contributed by atoms with Crippen LogP contribution in [0.3, 0.4) is 0 Å². The number of aliphatic carboxylic acids is 1. The lowest BCUT2D eigenvalue weighted by atomic mass is 10.1. The second-order valence-corrected chi connectivity index (χ2v) is 6.17. The van der Waals surface area contributed by atoms with Gasteiger partial charge in [0.1, 0.15) is 13.2 Å². The number of benzene rings is 1. The summed E-state index contributed by atoms with van der Waals surface area (Å²) in [7, 11) is 0. The smallest absolute Gasteiger partial charge is 0.303 e. The van der Waals surface area contributed by atoms with E-state index < -0.39 is 5.97 Å². The Morgan fingerprint density at radius 1 is 1.13 bits per heavy atom. The van der Waals surface area contributed by atoms with Gasteiger partial charge >= 0.3 is 5.97 Å². The number of nitrogens with one attached hydrogen (secondary N) is 1.